The smallest absolute Gasteiger partial charge is 0.142 e. The standard InChI is InChI=1S/C12H16N4O/c1-2-12(17)4-6-16(7-12)11-9-3-5-13-10(9)14-8-15-11/h3,5,8,17H,2,4,6-7H2,1H3,(H,13,14,15)/t12-/m1/s1. The van der Waals surface area contributed by atoms with Crippen molar-refractivity contribution in [2.75, 3.05) is 18.0 Å². The van der Waals surface area contributed by atoms with Crippen molar-refractivity contribution in [3.63, 3.8) is 0 Å². The summed E-state index contributed by atoms with van der Waals surface area (Å²) >= 11 is 0. The van der Waals surface area contributed by atoms with Gasteiger partial charge in [0.1, 0.15) is 17.8 Å². The number of aromatic nitrogens is 3. The summed E-state index contributed by atoms with van der Waals surface area (Å²) in [7, 11) is 0. The van der Waals surface area contributed by atoms with Crippen LogP contribution in [0.1, 0.15) is 19.8 Å². The lowest BCUT2D eigenvalue weighted by Crippen LogP contribution is -2.32. The second-order valence-corrected chi connectivity index (χ2v) is 4.69. The van der Waals surface area contributed by atoms with Crippen molar-refractivity contribution in [1.29, 1.82) is 0 Å². The molecule has 0 spiro atoms. The molecule has 0 aromatic carbocycles. The minimum atomic E-state index is -0.562. The molecule has 0 unspecified atom stereocenters. The van der Waals surface area contributed by atoms with E-state index >= 15 is 0 Å². The second kappa shape index (κ2) is 3.70. The fraction of sp³-hybridized carbons (Fsp3) is 0.500. The molecule has 0 radical (unpaired) electrons. The Kier molecular flexibility index (Phi) is 2.29. The molecule has 0 saturated carbocycles. The quantitative estimate of drug-likeness (QED) is 0.819. The van der Waals surface area contributed by atoms with E-state index in [0.717, 1.165) is 36.2 Å². The van der Waals surface area contributed by atoms with Gasteiger partial charge in [-0.25, -0.2) is 9.97 Å². The molecule has 2 aromatic rings. The first kappa shape index (κ1) is 10.5. The van der Waals surface area contributed by atoms with Gasteiger partial charge in [-0.2, -0.15) is 0 Å². The van der Waals surface area contributed by atoms with Crippen LogP contribution >= 0.6 is 0 Å². The summed E-state index contributed by atoms with van der Waals surface area (Å²) in [4.78, 5) is 13.7. The average molecular weight is 232 g/mol. The van der Waals surface area contributed by atoms with Crippen LogP contribution in [-0.2, 0) is 0 Å². The highest BCUT2D eigenvalue weighted by Gasteiger charge is 2.35. The van der Waals surface area contributed by atoms with Gasteiger partial charge in [-0.05, 0) is 18.9 Å². The van der Waals surface area contributed by atoms with Crippen LogP contribution in [0, 0.1) is 0 Å². The number of β-amino-alcohol motifs (C(OH)–C–C–N with tert-alkyl or cyclic N) is 1. The van der Waals surface area contributed by atoms with Gasteiger partial charge < -0.3 is 15.0 Å². The Bertz CT molecular complexity index is 538. The van der Waals surface area contributed by atoms with E-state index in [9.17, 15) is 5.11 Å². The molecule has 1 fully saturated rings. The lowest BCUT2D eigenvalue weighted by Gasteiger charge is -2.22. The third-order valence-corrected chi connectivity index (χ3v) is 3.62. The molecule has 3 heterocycles. The molecule has 1 saturated heterocycles. The van der Waals surface area contributed by atoms with Crippen molar-refractivity contribution in [1.82, 2.24) is 15.0 Å². The number of hydrogen-bond acceptors (Lipinski definition) is 4. The molecule has 0 bridgehead atoms. The van der Waals surface area contributed by atoms with E-state index in [4.69, 9.17) is 0 Å². The molecule has 3 rings (SSSR count). The van der Waals surface area contributed by atoms with Gasteiger partial charge in [-0.15, -0.1) is 0 Å². The molecule has 17 heavy (non-hydrogen) atoms. The maximum atomic E-state index is 10.3. The molecule has 2 aromatic heterocycles. The molecule has 2 N–H and O–H groups in total. The zero-order chi connectivity index (χ0) is 11.9. The predicted octanol–water partition coefficient (Wildman–Crippen LogP) is 1.31. The van der Waals surface area contributed by atoms with Crippen molar-refractivity contribution in [3.05, 3.63) is 18.6 Å². The van der Waals surface area contributed by atoms with E-state index in [1.807, 2.05) is 19.2 Å². The Labute approximate surface area is 99.5 Å². The predicted molar refractivity (Wildman–Crippen MR) is 66.0 cm³/mol. The number of anilines is 1. The number of fused-ring (bicyclic) bond motifs is 1. The topological polar surface area (TPSA) is 65.0 Å². The highest BCUT2D eigenvalue weighted by atomic mass is 16.3. The van der Waals surface area contributed by atoms with Crippen LogP contribution in [0.15, 0.2) is 18.6 Å². The molecular weight excluding hydrogens is 216 g/mol. The van der Waals surface area contributed by atoms with Crippen LogP contribution in [0.5, 0.6) is 0 Å². The Morgan fingerprint density at radius 2 is 2.41 bits per heavy atom. The van der Waals surface area contributed by atoms with E-state index < -0.39 is 5.60 Å². The molecule has 90 valence electrons. The average Bonchev–Trinajstić information content (AvgIpc) is 2.95. The second-order valence-electron chi connectivity index (χ2n) is 4.69. The molecule has 0 amide bonds. The Balaban J connectivity index is 1.98. The van der Waals surface area contributed by atoms with E-state index in [2.05, 4.69) is 19.9 Å². The van der Waals surface area contributed by atoms with E-state index in [-0.39, 0.29) is 0 Å². The largest absolute Gasteiger partial charge is 0.388 e. The first-order valence-electron chi connectivity index (χ1n) is 5.97. The third kappa shape index (κ3) is 1.67. The highest BCUT2D eigenvalue weighted by molar-refractivity contribution is 5.87. The summed E-state index contributed by atoms with van der Waals surface area (Å²) in [5.74, 6) is 0.917. The first-order valence-corrected chi connectivity index (χ1v) is 5.97. The third-order valence-electron chi connectivity index (χ3n) is 3.62. The van der Waals surface area contributed by atoms with Gasteiger partial charge in [0.2, 0.25) is 0 Å². The lowest BCUT2D eigenvalue weighted by molar-refractivity contribution is 0.0593. The van der Waals surface area contributed by atoms with Gasteiger partial charge in [-0.3, -0.25) is 0 Å². The number of nitrogens with one attached hydrogen (secondary N) is 1. The van der Waals surface area contributed by atoms with Crippen molar-refractivity contribution < 1.29 is 5.11 Å². The van der Waals surface area contributed by atoms with Gasteiger partial charge in [0.15, 0.2) is 0 Å². The number of rotatable bonds is 2. The first-order chi connectivity index (χ1) is 8.22. The normalized spacial score (nSPS) is 24.7. The fourth-order valence-electron chi connectivity index (χ4n) is 2.44. The van der Waals surface area contributed by atoms with Gasteiger partial charge in [-0.1, -0.05) is 6.92 Å². The molecule has 5 heteroatoms. The molecule has 1 aliphatic heterocycles. The fourth-order valence-corrected chi connectivity index (χ4v) is 2.44. The summed E-state index contributed by atoms with van der Waals surface area (Å²) in [5, 5.41) is 11.3. The number of H-pyrrole nitrogens is 1. The van der Waals surface area contributed by atoms with Crippen LogP contribution in [0.25, 0.3) is 11.0 Å². The van der Waals surface area contributed by atoms with Gasteiger partial charge in [0.05, 0.1) is 11.0 Å². The Morgan fingerprint density at radius 3 is 3.18 bits per heavy atom. The maximum absolute atomic E-state index is 10.3. The molecule has 1 atom stereocenters. The number of nitrogens with zero attached hydrogens (tertiary/aromatic N) is 3. The zero-order valence-corrected chi connectivity index (χ0v) is 9.85. The Morgan fingerprint density at radius 1 is 1.53 bits per heavy atom. The van der Waals surface area contributed by atoms with Crippen molar-refractivity contribution >= 4 is 16.9 Å². The van der Waals surface area contributed by atoms with Crippen molar-refractivity contribution in [3.8, 4) is 0 Å². The van der Waals surface area contributed by atoms with Crippen LogP contribution in [0.4, 0.5) is 5.82 Å². The minimum Gasteiger partial charge on any atom is -0.388 e. The number of aliphatic hydroxyl groups is 1. The molecule has 0 aliphatic carbocycles. The van der Waals surface area contributed by atoms with E-state index in [0.29, 0.717) is 6.54 Å². The van der Waals surface area contributed by atoms with Gasteiger partial charge in [0, 0.05) is 19.3 Å². The summed E-state index contributed by atoms with van der Waals surface area (Å²) < 4.78 is 0. The van der Waals surface area contributed by atoms with E-state index in [1.165, 1.54) is 0 Å². The van der Waals surface area contributed by atoms with Crippen molar-refractivity contribution in [2.24, 2.45) is 0 Å². The monoisotopic (exact) mass is 232 g/mol. The van der Waals surface area contributed by atoms with Gasteiger partial charge in [0.25, 0.3) is 0 Å². The number of aromatic amines is 1. The van der Waals surface area contributed by atoms with Crippen LogP contribution < -0.4 is 4.90 Å². The van der Waals surface area contributed by atoms with Gasteiger partial charge >= 0.3 is 0 Å². The summed E-state index contributed by atoms with van der Waals surface area (Å²) in [6, 6.07) is 1.98. The molecule has 1 aliphatic rings. The summed E-state index contributed by atoms with van der Waals surface area (Å²) in [6.45, 7) is 3.53. The van der Waals surface area contributed by atoms with Crippen LogP contribution in [-0.4, -0.2) is 38.7 Å². The number of hydrogen-bond donors (Lipinski definition) is 2. The molecular formula is C12H16N4O. The minimum absolute atomic E-state index is 0.562. The van der Waals surface area contributed by atoms with E-state index in [1.54, 1.807) is 6.33 Å². The zero-order valence-electron chi connectivity index (χ0n) is 9.85. The van der Waals surface area contributed by atoms with Crippen molar-refractivity contribution in [2.45, 2.75) is 25.4 Å². The lowest BCUT2D eigenvalue weighted by atomic mass is 10.0. The molecule has 5 nitrogen and oxygen atoms in total. The van der Waals surface area contributed by atoms with Crippen LogP contribution in [0.2, 0.25) is 0 Å². The summed E-state index contributed by atoms with van der Waals surface area (Å²) in [5.41, 5.74) is 0.287. The highest BCUT2D eigenvalue weighted by Crippen LogP contribution is 2.30. The van der Waals surface area contributed by atoms with Crippen LogP contribution in [0.3, 0.4) is 0 Å². The SMILES string of the molecule is CC[C@@]1(O)CCN(c2ncnc3[nH]ccc23)C1. The Hall–Kier alpha value is -1.62. The summed E-state index contributed by atoms with van der Waals surface area (Å²) in [6.07, 6.45) is 5.02. The maximum Gasteiger partial charge on any atom is 0.142 e.